The van der Waals surface area contributed by atoms with Crippen molar-refractivity contribution in [3.63, 3.8) is 0 Å². The highest BCUT2D eigenvalue weighted by Crippen LogP contribution is 2.34. The fourth-order valence-corrected chi connectivity index (χ4v) is 16.8. The summed E-state index contributed by atoms with van der Waals surface area (Å²) < 4.78 is 2.62. The van der Waals surface area contributed by atoms with Gasteiger partial charge in [-0.05, 0) is 54.6 Å². The molecule has 9 rings (SSSR count). The number of nitrogens with zero attached hydrogens (tertiary/aromatic N) is 1. The predicted octanol–water partition coefficient (Wildman–Crippen LogP) is 3.57. The maximum Gasteiger partial charge on any atom is 0.240 e. The van der Waals surface area contributed by atoms with Crippen molar-refractivity contribution in [2.75, 3.05) is 0 Å². The second-order valence-corrected chi connectivity index (χ2v) is 21.9. The molecule has 0 fully saturated rings. The molecule has 1 aromatic heterocycles. The third-order valence-electron chi connectivity index (χ3n) is 11.2. The number of hydrogen-bond acceptors (Lipinski definition) is 0. The third kappa shape index (κ3) is 3.34. The number of fused-ring (bicyclic) bond motifs is 7. The van der Waals surface area contributed by atoms with Crippen LogP contribution in [-0.2, 0) is 12.8 Å². The standard InChI is InChI=1S/C39H36BNSi2/c1-42(2)35-25-24-27(41-33-19-10-7-16-29(33)30-17-8-11-20-34(30)41)26-32(35)40-31-18-9-12-21-36(31)43(3,28-14-5-4-6-15-28)38-23-13-22-37(42)39(38)40/h4-7,9-10,12-16,18-19,21-26H,8,11,17,20H2,1-3H3. The van der Waals surface area contributed by atoms with Crippen molar-refractivity contribution in [2.24, 2.45) is 0 Å². The van der Waals surface area contributed by atoms with Crippen molar-refractivity contribution in [2.45, 2.75) is 45.3 Å². The topological polar surface area (TPSA) is 4.93 Å². The zero-order chi connectivity index (χ0) is 28.9. The summed E-state index contributed by atoms with van der Waals surface area (Å²) in [7, 11) is -4.15. The molecule has 0 saturated carbocycles. The van der Waals surface area contributed by atoms with Gasteiger partial charge in [-0.15, -0.1) is 0 Å². The molecule has 0 N–H and O–H groups in total. The lowest BCUT2D eigenvalue weighted by Crippen LogP contribution is -2.88. The molecule has 6 aromatic rings. The Labute approximate surface area is 257 Å². The van der Waals surface area contributed by atoms with E-state index in [1.807, 2.05) is 0 Å². The molecule has 0 spiro atoms. The molecule has 0 saturated heterocycles. The minimum Gasteiger partial charge on any atom is -0.313 e. The molecule has 1 unspecified atom stereocenters. The highest BCUT2D eigenvalue weighted by molar-refractivity contribution is 7.24. The van der Waals surface area contributed by atoms with Gasteiger partial charge in [0.15, 0.2) is 0 Å². The minimum atomic E-state index is -2.20. The van der Waals surface area contributed by atoms with Gasteiger partial charge in [-0.25, -0.2) is 0 Å². The van der Waals surface area contributed by atoms with Crippen LogP contribution in [0, 0.1) is 0 Å². The Morgan fingerprint density at radius 1 is 0.605 bits per heavy atom. The van der Waals surface area contributed by atoms with Crippen LogP contribution in [-0.4, -0.2) is 27.4 Å². The number of para-hydroxylation sites is 1. The number of benzene rings is 5. The van der Waals surface area contributed by atoms with Crippen LogP contribution in [0.4, 0.5) is 0 Å². The molecule has 2 aliphatic heterocycles. The molecule has 3 heterocycles. The predicted molar refractivity (Wildman–Crippen MR) is 191 cm³/mol. The molecule has 208 valence electrons. The molecule has 4 heteroatoms. The van der Waals surface area contributed by atoms with E-state index in [-0.39, 0.29) is 6.71 Å². The van der Waals surface area contributed by atoms with Gasteiger partial charge < -0.3 is 4.57 Å². The van der Waals surface area contributed by atoms with Crippen molar-refractivity contribution < 1.29 is 0 Å². The van der Waals surface area contributed by atoms with Crippen molar-refractivity contribution in [3.8, 4) is 5.69 Å². The molecule has 1 atom stereocenters. The van der Waals surface area contributed by atoms with Crippen LogP contribution < -0.4 is 42.3 Å². The Morgan fingerprint density at radius 3 is 2.21 bits per heavy atom. The first-order valence-corrected chi connectivity index (χ1v) is 21.5. The van der Waals surface area contributed by atoms with E-state index in [0.29, 0.717) is 0 Å². The zero-order valence-corrected chi connectivity index (χ0v) is 27.3. The summed E-state index contributed by atoms with van der Waals surface area (Å²) in [6, 6.07) is 44.9. The lowest BCUT2D eigenvalue weighted by molar-refractivity contribution is 0.667. The van der Waals surface area contributed by atoms with E-state index >= 15 is 0 Å². The van der Waals surface area contributed by atoms with Gasteiger partial charge in [-0.2, -0.15) is 0 Å². The fraction of sp³-hybridized carbons (Fsp3) is 0.179. The van der Waals surface area contributed by atoms with E-state index in [0.717, 1.165) is 0 Å². The van der Waals surface area contributed by atoms with Crippen molar-refractivity contribution in [1.82, 2.24) is 4.57 Å². The quantitative estimate of drug-likeness (QED) is 0.274. The fourth-order valence-electron chi connectivity index (χ4n) is 9.20. The summed E-state index contributed by atoms with van der Waals surface area (Å²) >= 11 is 0. The Balaban J connectivity index is 1.35. The van der Waals surface area contributed by atoms with Gasteiger partial charge >= 0.3 is 0 Å². The van der Waals surface area contributed by atoms with Crippen LogP contribution in [0.5, 0.6) is 0 Å². The zero-order valence-electron chi connectivity index (χ0n) is 25.3. The third-order valence-corrected chi connectivity index (χ3v) is 19.3. The molecule has 5 aromatic carbocycles. The van der Waals surface area contributed by atoms with Crippen LogP contribution in [0.3, 0.4) is 0 Å². The van der Waals surface area contributed by atoms with Crippen LogP contribution >= 0.6 is 0 Å². The summed E-state index contributed by atoms with van der Waals surface area (Å²) in [5.74, 6) is 0. The number of hydrogen-bond donors (Lipinski definition) is 0. The number of aromatic nitrogens is 1. The van der Waals surface area contributed by atoms with E-state index in [4.69, 9.17) is 0 Å². The van der Waals surface area contributed by atoms with Gasteiger partial charge in [-0.3, -0.25) is 0 Å². The Morgan fingerprint density at radius 2 is 1.33 bits per heavy atom. The molecule has 1 nitrogen and oxygen atoms in total. The summed E-state index contributed by atoms with van der Waals surface area (Å²) in [6.45, 7) is 8.06. The van der Waals surface area contributed by atoms with E-state index in [2.05, 4.69) is 139 Å². The largest absolute Gasteiger partial charge is 0.313 e. The highest BCUT2D eigenvalue weighted by Gasteiger charge is 2.51. The smallest absolute Gasteiger partial charge is 0.240 e. The molecule has 0 bridgehead atoms. The average Bonchev–Trinajstić information content (AvgIpc) is 3.39. The van der Waals surface area contributed by atoms with Crippen LogP contribution in [0.2, 0.25) is 19.6 Å². The molecular formula is C39H36BNSi2. The first kappa shape index (κ1) is 25.6. The molecule has 0 radical (unpaired) electrons. The van der Waals surface area contributed by atoms with E-state index in [9.17, 15) is 0 Å². The maximum atomic E-state index is 2.62. The monoisotopic (exact) mass is 585 g/mol. The van der Waals surface area contributed by atoms with Gasteiger partial charge in [0.1, 0.15) is 16.1 Å². The van der Waals surface area contributed by atoms with Gasteiger partial charge in [-0.1, -0.05) is 154 Å². The minimum absolute atomic E-state index is 0.278. The lowest BCUT2D eigenvalue weighted by Gasteiger charge is -2.46. The molecule has 1 aliphatic carbocycles. The number of aryl methyl sites for hydroxylation is 1. The van der Waals surface area contributed by atoms with Gasteiger partial charge in [0.05, 0.1) is 5.52 Å². The first-order chi connectivity index (χ1) is 21.0. The maximum absolute atomic E-state index is 2.62. The van der Waals surface area contributed by atoms with Crippen LogP contribution in [0.25, 0.3) is 16.6 Å². The van der Waals surface area contributed by atoms with Gasteiger partial charge in [0.25, 0.3) is 0 Å². The summed E-state index contributed by atoms with van der Waals surface area (Å²) in [5.41, 5.74) is 10.5. The Hall–Kier alpha value is -3.86. The second-order valence-electron chi connectivity index (χ2n) is 13.7. The molecule has 43 heavy (non-hydrogen) atoms. The number of rotatable bonds is 2. The lowest BCUT2D eigenvalue weighted by atomic mass is 9.36. The van der Waals surface area contributed by atoms with Crippen LogP contribution in [0.1, 0.15) is 24.1 Å². The highest BCUT2D eigenvalue weighted by atomic mass is 28.3. The Kier molecular flexibility index (Phi) is 5.41. The van der Waals surface area contributed by atoms with E-state index in [1.54, 1.807) is 37.2 Å². The van der Waals surface area contributed by atoms with Crippen LogP contribution in [0.15, 0.2) is 115 Å². The Bertz CT molecular complexity index is 2090. The van der Waals surface area contributed by atoms with Crippen molar-refractivity contribution >= 4 is 76.1 Å². The molecular weight excluding hydrogens is 549 g/mol. The molecule has 0 amide bonds. The van der Waals surface area contributed by atoms with Gasteiger partial charge in [0.2, 0.25) is 6.71 Å². The average molecular weight is 586 g/mol. The van der Waals surface area contributed by atoms with E-state index < -0.39 is 16.1 Å². The van der Waals surface area contributed by atoms with Gasteiger partial charge in [0, 0.05) is 16.8 Å². The SMILES string of the molecule is C[Si]1(C)c2ccc(-n3c4c(c5ccccc53)CCCC4)cc2B2c3ccccc3[Si](C)(c3ccccc3)c3cccc1c32. The summed E-state index contributed by atoms with van der Waals surface area (Å²) in [6.07, 6.45) is 4.95. The normalized spacial score (nSPS) is 19.4. The van der Waals surface area contributed by atoms with Crippen molar-refractivity contribution in [1.29, 1.82) is 0 Å². The molecule has 3 aliphatic rings. The van der Waals surface area contributed by atoms with Crippen molar-refractivity contribution in [3.05, 3.63) is 127 Å². The first-order valence-electron chi connectivity index (χ1n) is 16.0. The summed E-state index contributed by atoms with van der Waals surface area (Å²) in [5, 5.41) is 9.42. The van der Waals surface area contributed by atoms with E-state index in [1.165, 1.54) is 58.6 Å². The second kappa shape index (κ2) is 9.07. The summed E-state index contributed by atoms with van der Waals surface area (Å²) in [4.78, 5) is 0.